The number of rotatable bonds is 1. The quantitative estimate of drug-likeness (QED) is 0.747. The van der Waals surface area contributed by atoms with Crippen molar-refractivity contribution < 1.29 is 0 Å². The molecule has 3 aromatic rings. The lowest BCUT2D eigenvalue weighted by molar-refractivity contribution is 0.918. The highest BCUT2D eigenvalue weighted by Crippen LogP contribution is 2.26. The van der Waals surface area contributed by atoms with Crippen molar-refractivity contribution in [2.45, 2.75) is 0 Å². The Morgan fingerprint density at radius 1 is 1.35 bits per heavy atom. The summed E-state index contributed by atoms with van der Waals surface area (Å²) in [7, 11) is 1.92. The summed E-state index contributed by atoms with van der Waals surface area (Å²) in [6.07, 6.45) is 5.39. The first-order valence-corrected chi connectivity index (χ1v) is 5.86. The Balaban J connectivity index is 2.32. The number of aromatic nitrogens is 4. The molecule has 0 fully saturated rings. The van der Waals surface area contributed by atoms with Gasteiger partial charge >= 0.3 is 0 Å². The number of nitrogens with two attached hydrogens (primary N) is 1. The highest BCUT2D eigenvalue weighted by Gasteiger charge is 2.13. The minimum atomic E-state index is 0.616. The van der Waals surface area contributed by atoms with E-state index < -0.39 is 0 Å². The number of aryl methyl sites for hydroxylation is 1. The summed E-state index contributed by atoms with van der Waals surface area (Å²) in [5.41, 5.74) is 8.59. The van der Waals surface area contributed by atoms with E-state index in [-0.39, 0.29) is 0 Å². The number of fused-ring (bicyclic) bond motifs is 1. The van der Waals surface area contributed by atoms with Crippen LogP contribution in [0.5, 0.6) is 0 Å². The largest absolute Gasteiger partial charge is 0.383 e. The summed E-state index contributed by atoms with van der Waals surface area (Å²) in [6.45, 7) is 0. The maximum atomic E-state index is 6.11. The molecule has 6 heteroatoms. The van der Waals surface area contributed by atoms with E-state index in [0.717, 1.165) is 21.5 Å². The maximum absolute atomic E-state index is 6.11. The molecule has 0 saturated carbocycles. The van der Waals surface area contributed by atoms with Gasteiger partial charge in [-0.2, -0.15) is 0 Å². The zero-order valence-corrected chi connectivity index (χ0v) is 10.7. The number of nitrogen functional groups attached to an aromatic ring is 1. The Kier molecular flexibility index (Phi) is 2.19. The van der Waals surface area contributed by atoms with E-state index in [0.29, 0.717) is 5.82 Å². The minimum Gasteiger partial charge on any atom is -0.383 e. The van der Waals surface area contributed by atoms with Crippen LogP contribution in [0.2, 0.25) is 0 Å². The van der Waals surface area contributed by atoms with Crippen LogP contribution in [0.3, 0.4) is 0 Å². The molecule has 0 atom stereocenters. The average Bonchev–Trinajstić information content (AvgIpc) is 2.84. The molecule has 0 aliphatic carbocycles. The predicted molar refractivity (Wildman–Crippen MR) is 69.5 cm³/mol. The van der Waals surface area contributed by atoms with Crippen LogP contribution >= 0.6 is 15.9 Å². The van der Waals surface area contributed by atoms with E-state index in [1.54, 1.807) is 12.5 Å². The van der Waals surface area contributed by atoms with Crippen molar-refractivity contribution in [3.63, 3.8) is 0 Å². The maximum Gasteiger partial charge on any atom is 0.139 e. The lowest BCUT2D eigenvalue weighted by Crippen LogP contribution is -1.96. The molecule has 17 heavy (non-hydrogen) atoms. The highest BCUT2D eigenvalue weighted by atomic mass is 79.9. The topological polar surface area (TPSA) is 61.1 Å². The summed E-state index contributed by atoms with van der Waals surface area (Å²) in [5, 5.41) is 0. The van der Waals surface area contributed by atoms with Gasteiger partial charge in [-0.1, -0.05) is 0 Å². The third-order valence-corrected chi connectivity index (χ3v) is 3.15. The first-order chi connectivity index (χ1) is 8.16. The van der Waals surface area contributed by atoms with E-state index in [9.17, 15) is 0 Å². The van der Waals surface area contributed by atoms with E-state index in [1.807, 2.05) is 34.3 Å². The van der Waals surface area contributed by atoms with Gasteiger partial charge < -0.3 is 10.3 Å². The van der Waals surface area contributed by atoms with Crippen molar-refractivity contribution in [1.82, 2.24) is 18.9 Å². The Labute approximate surface area is 106 Å². The van der Waals surface area contributed by atoms with Crippen molar-refractivity contribution in [1.29, 1.82) is 0 Å². The highest BCUT2D eigenvalue weighted by molar-refractivity contribution is 9.10. The number of pyridine rings is 1. The summed E-state index contributed by atoms with van der Waals surface area (Å²) in [5.74, 6) is 0.616. The molecule has 3 aromatic heterocycles. The second kappa shape index (κ2) is 3.59. The Hall–Kier alpha value is -1.82. The van der Waals surface area contributed by atoms with Gasteiger partial charge in [0.05, 0.1) is 18.2 Å². The molecular weight excluding hydrogens is 282 g/mol. The minimum absolute atomic E-state index is 0.616. The van der Waals surface area contributed by atoms with Crippen molar-refractivity contribution >= 4 is 27.4 Å². The molecule has 0 spiro atoms. The zero-order chi connectivity index (χ0) is 12.0. The molecule has 0 unspecified atom stereocenters. The van der Waals surface area contributed by atoms with Gasteiger partial charge in [0.2, 0.25) is 0 Å². The molecular formula is C11H10BrN5. The van der Waals surface area contributed by atoms with Crippen molar-refractivity contribution in [3.8, 4) is 11.4 Å². The molecule has 5 nitrogen and oxygen atoms in total. The van der Waals surface area contributed by atoms with E-state index in [2.05, 4.69) is 25.9 Å². The smallest absolute Gasteiger partial charge is 0.139 e. The van der Waals surface area contributed by atoms with Crippen LogP contribution in [0, 0.1) is 0 Å². The van der Waals surface area contributed by atoms with Crippen LogP contribution in [0.4, 0.5) is 5.82 Å². The molecule has 0 aliphatic rings. The third-order valence-electron chi connectivity index (χ3n) is 2.68. The molecule has 0 aliphatic heterocycles. The number of hydrogen-bond acceptors (Lipinski definition) is 3. The number of nitrogens with zero attached hydrogens (tertiary/aromatic N) is 4. The SMILES string of the molecule is Cn1cncc1-c1nc2ccc(Br)cn2c1N. The second-order valence-electron chi connectivity index (χ2n) is 3.81. The number of anilines is 1. The fraction of sp³-hybridized carbons (Fsp3) is 0.0909. The van der Waals surface area contributed by atoms with Crippen LogP contribution in [-0.2, 0) is 7.05 Å². The fourth-order valence-corrected chi connectivity index (χ4v) is 2.15. The molecule has 0 bridgehead atoms. The van der Waals surface area contributed by atoms with Gasteiger partial charge in [-0.3, -0.25) is 4.40 Å². The van der Waals surface area contributed by atoms with Crippen LogP contribution in [-0.4, -0.2) is 18.9 Å². The molecule has 3 heterocycles. The predicted octanol–water partition coefficient (Wildman–Crippen LogP) is 2.08. The Bertz CT molecular complexity index is 697. The second-order valence-corrected chi connectivity index (χ2v) is 4.73. The zero-order valence-electron chi connectivity index (χ0n) is 9.13. The van der Waals surface area contributed by atoms with E-state index in [4.69, 9.17) is 5.73 Å². The first kappa shape index (κ1) is 10.3. The average molecular weight is 292 g/mol. The van der Waals surface area contributed by atoms with Gasteiger partial charge in [0.15, 0.2) is 0 Å². The normalized spacial score (nSPS) is 11.2. The van der Waals surface area contributed by atoms with Gasteiger partial charge in [0, 0.05) is 17.7 Å². The van der Waals surface area contributed by atoms with Crippen molar-refractivity contribution in [3.05, 3.63) is 35.3 Å². The molecule has 0 amide bonds. The van der Waals surface area contributed by atoms with Gasteiger partial charge in [-0.25, -0.2) is 9.97 Å². The number of halogens is 1. The Morgan fingerprint density at radius 3 is 2.88 bits per heavy atom. The molecule has 3 rings (SSSR count). The van der Waals surface area contributed by atoms with E-state index >= 15 is 0 Å². The van der Waals surface area contributed by atoms with Gasteiger partial charge in [0.25, 0.3) is 0 Å². The lowest BCUT2D eigenvalue weighted by Gasteiger charge is -1.99. The molecule has 2 N–H and O–H groups in total. The van der Waals surface area contributed by atoms with Crippen molar-refractivity contribution in [2.24, 2.45) is 7.05 Å². The van der Waals surface area contributed by atoms with Gasteiger partial charge in [0.1, 0.15) is 17.2 Å². The third kappa shape index (κ3) is 1.52. The van der Waals surface area contributed by atoms with Crippen LogP contribution in [0.25, 0.3) is 17.0 Å². The monoisotopic (exact) mass is 291 g/mol. The lowest BCUT2D eigenvalue weighted by atomic mass is 10.3. The molecule has 0 radical (unpaired) electrons. The van der Waals surface area contributed by atoms with Crippen LogP contribution in [0.15, 0.2) is 35.3 Å². The standard InChI is InChI=1S/C11H10BrN5/c1-16-6-14-4-8(16)10-11(13)17-5-7(12)2-3-9(17)15-10/h2-6H,13H2,1H3. The summed E-state index contributed by atoms with van der Waals surface area (Å²) < 4.78 is 4.71. The first-order valence-electron chi connectivity index (χ1n) is 5.06. The molecule has 0 aromatic carbocycles. The summed E-state index contributed by atoms with van der Waals surface area (Å²) in [6, 6.07) is 3.86. The Morgan fingerprint density at radius 2 is 2.18 bits per heavy atom. The van der Waals surface area contributed by atoms with E-state index in [1.165, 1.54) is 0 Å². The molecule has 0 saturated heterocycles. The number of hydrogen-bond donors (Lipinski definition) is 1. The van der Waals surface area contributed by atoms with Crippen LogP contribution < -0.4 is 5.73 Å². The van der Waals surface area contributed by atoms with Crippen LogP contribution in [0.1, 0.15) is 0 Å². The molecule has 86 valence electrons. The van der Waals surface area contributed by atoms with Gasteiger partial charge in [-0.15, -0.1) is 0 Å². The van der Waals surface area contributed by atoms with Crippen molar-refractivity contribution in [2.75, 3.05) is 5.73 Å². The fourth-order valence-electron chi connectivity index (χ4n) is 1.81. The van der Waals surface area contributed by atoms with Gasteiger partial charge in [-0.05, 0) is 28.1 Å². The summed E-state index contributed by atoms with van der Waals surface area (Å²) in [4.78, 5) is 8.59. The number of imidazole rings is 2. The summed E-state index contributed by atoms with van der Waals surface area (Å²) >= 11 is 3.42.